The summed E-state index contributed by atoms with van der Waals surface area (Å²) in [4.78, 5) is 39.2. The van der Waals surface area contributed by atoms with Gasteiger partial charge in [0.25, 0.3) is 0 Å². The summed E-state index contributed by atoms with van der Waals surface area (Å²) in [6.45, 7) is 16.6. The average molecular weight is 845 g/mol. The Morgan fingerprint density at radius 2 is 1.31 bits per heavy atom. The van der Waals surface area contributed by atoms with E-state index in [9.17, 15) is 14.4 Å². The first-order chi connectivity index (χ1) is 29.8. The molecule has 62 heavy (non-hydrogen) atoms. The first-order valence-corrected chi connectivity index (χ1v) is 23.6. The molecule has 4 fully saturated rings. The van der Waals surface area contributed by atoms with Crippen molar-refractivity contribution in [3.63, 3.8) is 0 Å². The van der Waals surface area contributed by atoms with Crippen molar-refractivity contribution >= 4 is 17.9 Å². The van der Waals surface area contributed by atoms with Crippen LogP contribution in [-0.2, 0) is 9.47 Å². The highest BCUT2D eigenvalue weighted by atomic mass is 16.5. The van der Waals surface area contributed by atoms with Gasteiger partial charge in [-0.2, -0.15) is 0 Å². The van der Waals surface area contributed by atoms with Gasteiger partial charge in [-0.15, -0.1) is 0 Å². The van der Waals surface area contributed by atoms with Gasteiger partial charge < -0.3 is 23.7 Å². The molecule has 1 heterocycles. The molecule has 3 aromatic carbocycles. The maximum absolute atomic E-state index is 13.4. The molecule has 8 atom stereocenters. The highest BCUT2D eigenvalue weighted by Crippen LogP contribution is 2.67. The molecular weight excluding hydrogens is 777 g/mol. The zero-order chi connectivity index (χ0) is 43.6. The van der Waals surface area contributed by atoms with E-state index in [0.717, 1.165) is 61.2 Å². The van der Waals surface area contributed by atoms with Crippen molar-refractivity contribution in [3.05, 3.63) is 101 Å². The number of carbonyl (C=O) groups is 3. The number of carbonyl (C=O) groups excluding carboxylic acids is 3. The number of hydrogen-bond acceptors (Lipinski definition) is 8. The Balaban J connectivity index is 0.798. The van der Waals surface area contributed by atoms with Gasteiger partial charge in [-0.3, -0.25) is 0 Å². The minimum absolute atomic E-state index is 0.0735. The van der Waals surface area contributed by atoms with Crippen LogP contribution in [0.1, 0.15) is 150 Å². The van der Waals surface area contributed by atoms with Crippen molar-refractivity contribution in [2.24, 2.45) is 51.8 Å². The van der Waals surface area contributed by atoms with Gasteiger partial charge in [0.15, 0.2) is 0 Å². The molecule has 8 unspecified atom stereocenters. The molecule has 3 aromatic rings. The number of ether oxygens (including phenoxy) is 5. The highest BCUT2D eigenvalue weighted by Gasteiger charge is 2.59. The summed E-state index contributed by atoms with van der Waals surface area (Å²) in [5.74, 6) is 4.70. The van der Waals surface area contributed by atoms with Crippen molar-refractivity contribution in [1.29, 1.82) is 0 Å². The second-order valence-corrected chi connectivity index (χ2v) is 20.5. The molecule has 0 radical (unpaired) electrons. The third-order valence-electron chi connectivity index (χ3n) is 16.3. The maximum Gasteiger partial charge on any atom is 0.343 e. The van der Waals surface area contributed by atoms with Crippen LogP contribution in [0.5, 0.6) is 17.2 Å². The number of benzene rings is 3. The normalized spacial score (nSPS) is 28.9. The fourth-order valence-corrected chi connectivity index (χ4v) is 12.3. The van der Waals surface area contributed by atoms with Crippen LogP contribution < -0.4 is 14.2 Å². The van der Waals surface area contributed by atoms with Gasteiger partial charge in [0, 0.05) is 6.42 Å². The van der Waals surface area contributed by atoms with E-state index >= 15 is 0 Å². The molecule has 0 aromatic heterocycles. The molecule has 3 saturated carbocycles. The van der Waals surface area contributed by atoms with Crippen LogP contribution in [0.15, 0.2) is 84.4 Å². The van der Waals surface area contributed by atoms with Crippen LogP contribution >= 0.6 is 0 Å². The first-order valence-electron chi connectivity index (χ1n) is 23.6. The lowest BCUT2D eigenvalue weighted by Crippen LogP contribution is -2.51. The van der Waals surface area contributed by atoms with E-state index in [1.165, 1.54) is 81.2 Å². The molecule has 8 rings (SSSR count). The lowest BCUT2D eigenvalue weighted by molar-refractivity contribution is -0.133. The summed E-state index contributed by atoms with van der Waals surface area (Å²) in [7, 11) is 0. The van der Waals surface area contributed by atoms with Crippen molar-refractivity contribution < 1.29 is 38.1 Å². The molecule has 4 aliphatic carbocycles. The van der Waals surface area contributed by atoms with E-state index in [1.54, 1.807) is 48.5 Å². The van der Waals surface area contributed by atoms with E-state index < -0.39 is 11.9 Å². The third kappa shape index (κ3) is 9.14. The van der Waals surface area contributed by atoms with Crippen LogP contribution in [0, 0.1) is 51.8 Å². The smallest absolute Gasteiger partial charge is 0.343 e. The lowest BCUT2D eigenvalue weighted by atomic mass is 9.47. The Labute approximate surface area is 369 Å². The Hall–Kier alpha value is -4.43. The Morgan fingerprint density at radius 1 is 0.710 bits per heavy atom. The molecule has 332 valence electrons. The quantitative estimate of drug-likeness (QED) is 0.0847. The van der Waals surface area contributed by atoms with Crippen LogP contribution in [0.3, 0.4) is 0 Å². The second-order valence-electron chi connectivity index (χ2n) is 20.5. The van der Waals surface area contributed by atoms with E-state index in [-0.39, 0.29) is 28.5 Å². The largest absolute Gasteiger partial charge is 0.493 e. The van der Waals surface area contributed by atoms with Gasteiger partial charge in [0.2, 0.25) is 0 Å². The average Bonchev–Trinajstić information content (AvgIpc) is 3.61. The number of fused-ring (bicyclic) bond motifs is 5. The first kappa shape index (κ1) is 44.2. The summed E-state index contributed by atoms with van der Waals surface area (Å²) >= 11 is 0. The summed E-state index contributed by atoms with van der Waals surface area (Å²) in [6, 6.07) is 19.6. The Kier molecular flexibility index (Phi) is 13.1. The van der Waals surface area contributed by atoms with E-state index in [2.05, 4.69) is 47.6 Å². The number of allylic oxidation sites excluding steroid dienone is 1. The molecule has 5 aliphatic rings. The topological polar surface area (TPSA) is 97.4 Å². The molecular formula is C54H68O8. The zero-order valence-corrected chi connectivity index (χ0v) is 37.9. The fraction of sp³-hybridized carbons (Fsp3) is 0.574. The van der Waals surface area contributed by atoms with Gasteiger partial charge in [-0.25, -0.2) is 14.4 Å². The summed E-state index contributed by atoms with van der Waals surface area (Å²) < 4.78 is 28.6. The lowest BCUT2D eigenvalue weighted by Gasteiger charge is -2.58. The molecule has 0 amide bonds. The molecule has 8 heteroatoms. The predicted octanol–water partition coefficient (Wildman–Crippen LogP) is 12.5. The standard InChI is InChI=1S/C54H68O8/c1-7-54(32-58-33-54)34-59-41-20-22-43(23-21-41)61-50(56)38-13-11-37(12-14-38)49(55)60-42-18-15-39(16-19-42)51(57)62-44-27-29-52(5)40(31-44)17-24-45-47-26-25-46(36(4)10-8-9-35(2)3)53(47,6)30-28-48(45)52/h11-23,35-36,44-48H,7-10,24-34H2,1-6H3. The Morgan fingerprint density at radius 3 is 1.90 bits per heavy atom. The summed E-state index contributed by atoms with van der Waals surface area (Å²) in [5, 5.41) is 0. The molecule has 1 aliphatic heterocycles. The summed E-state index contributed by atoms with van der Waals surface area (Å²) in [5.41, 5.74) is 3.24. The van der Waals surface area contributed by atoms with Gasteiger partial charge in [0.1, 0.15) is 23.4 Å². The van der Waals surface area contributed by atoms with Crippen molar-refractivity contribution in [1.82, 2.24) is 0 Å². The number of hydrogen-bond donors (Lipinski definition) is 0. The molecule has 0 N–H and O–H groups in total. The molecule has 8 nitrogen and oxygen atoms in total. The zero-order valence-electron chi connectivity index (χ0n) is 37.9. The van der Waals surface area contributed by atoms with Crippen molar-refractivity contribution in [2.75, 3.05) is 19.8 Å². The van der Waals surface area contributed by atoms with Crippen molar-refractivity contribution in [3.8, 4) is 17.2 Å². The second kappa shape index (κ2) is 18.3. The monoisotopic (exact) mass is 844 g/mol. The van der Waals surface area contributed by atoms with Gasteiger partial charge in [-0.1, -0.05) is 72.5 Å². The molecule has 0 spiro atoms. The van der Waals surface area contributed by atoms with E-state index in [4.69, 9.17) is 23.7 Å². The van der Waals surface area contributed by atoms with Crippen LogP contribution in [0.2, 0.25) is 0 Å². The maximum atomic E-state index is 13.4. The number of esters is 3. The minimum Gasteiger partial charge on any atom is -0.493 e. The van der Waals surface area contributed by atoms with Gasteiger partial charge in [-0.05, 0) is 171 Å². The predicted molar refractivity (Wildman–Crippen MR) is 241 cm³/mol. The third-order valence-corrected chi connectivity index (χ3v) is 16.3. The minimum atomic E-state index is -0.579. The van der Waals surface area contributed by atoms with Gasteiger partial charge >= 0.3 is 17.9 Å². The molecule has 0 bridgehead atoms. The SMILES string of the molecule is CCC1(COc2ccc(OC(=O)c3ccc(C(=O)Oc4ccc(C(=O)OC5CCC6(C)C(=CCC7C6CCC6(C)C(C(C)CCCC(C)C)CCC76)C5)cc4)cc3)cc2)COC1. The summed E-state index contributed by atoms with van der Waals surface area (Å²) in [6.07, 6.45) is 16.9. The molecule has 1 saturated heterocycles. The van der Waals surface area contributed by atoms with E-state index in [1.807, 2.05) is 0 Å². The van der Waals surface area contributed by atoms with Gasteiger partial charge in [0.05, 0.1) is 41.9 Å². The fourth-order valence-electron chi connectivity index (χ4n) is 12.3. The van der Waals surface area contributed by atoms with Crippen LogP contribution in [0.4, 0.5) is 0 Å². The highest BCUT2D eigenvalue weighted by molar-refractivity contribution is 5.95. The van der Waals surface area contributed by atoms with Crippen molar-refractivity contribution in [2.45, 2.75) is 125 Å². The van der Waals surface area contributed by atoms with E-state index in [0.29, 0.717) is 53.6 Å². The van der Waals surface area contributed by atoms with Crippen LogP contribution in [-0.4, -0.2) is 43.8 Å². The van der Waals surface area contributed by atoms with Crippen LogP contribution in [0.25, 0.3) is 0 Å². The Bertz CT molecular complexity index is 2080. The number of rotatable bonds is 15.